The first kappa shape index (κ1) is 15.3. The third-order valence-corrected chi connectivity index (χ3v) is 3.63. The third-order valence-electron chi connectivity index (χ3n) is 2.78. The van der Waals surface area contributed by atoms with E-state index in [2.05, 4.69) is 39.6 Å². The highest BCUT2D eigenvalue weighted by Crippen LogP contribution is 2.24. The van der Waals surface area contributed by atoms with Gasteiger partial charge in [0.15, 0.2) is 5.78 Å². The van der Waals surface area contributed by atoms with Crippen molar-refractivity contribution in [3.63, 3.8) is 0 Å². The number of ketones is 1. The number of carbonyl (C=O) groups is 1. The molecule has 18 heavy (non-hydrogen) atoms. The standard InChI is InChI=1S/C14H24N2OS/c1-9(2)6-10(15)11(17)7-13-16-12(8-18-13)14(3,4)5/h8-10H,6-7,15H2,1-5H3. The zero-order chi connectivity index (χ0) is 13.9. The topological polar surface area (TPSA) is 56.0 Å². The van der Waals surface area contributed by atoms with Gasteiger partial charge in [0.05, 0.1) is 18.2 Å². The van der Waals surface area contributed by atoms with Crippen LogP contribution in [-0.4, -0.2) is 16.8 Å². The molecule has 0 aromatic carbocycles. The molecule has 0 bridgehead atoms. The van der Waals surface area contributed by atoms with Crippen LogP contribution in [0.2, 0.25) is 0 Å². The Balaban J connectivity index is 2.63. The molecule has 0 fully saturated rings. The van der Waals surface area contributed by atoms with Crippen LogP contribution in [0.1, 0.15) is 51.7 Å². The fourth-order valence-electron chi connectivity index (χ4n) is 1.66. The summed E-state index contributed by atoms with van der Waals surface area (Å²) in [6.07, 6.45) is 1.12. The smallest absolute Gasteiger partial charge is 0.156 e. The van der Waals surface area contributed by atoms with Crippen molar-refractivity contribution < 1.29 is 4.79 Å². The van der Waals surface area contributed by atoms with E-state index in [0.29, 0.717) is 12.3 Å². The van der Waals surface area contributed by atoms with Crippen LogP contribution < -0.4 is 5.73 Å². The predicted molar refractivity (Wildman–Crippen MR) is 77.0 cm³/mol. The Hall–Kier alpha value is -0.740. The summed E-state index contributed by atoms with van der Waals surface area (Å²) in [5.41, 5.74) is 6.97. The number of rotatable bonds is 5. The molecule has 0 aliphatic carbocycles. The molecule has 0 aliphatic rings. The molecule has 0 aliphatic heterocycles. The highest BCUT2D eigenvalue weighted by molar-refractivity contribution is 7.09. The molecule has 102 valence electrons. The summed E-state index contributed by atoms with van der Waals surface area (Å²) in [7, 11) is 0. The minimum absolute atomic E-state index is 0.0395. The number of hydrogen-bond acceptors (Lipinski definition) is 4. The summed E-state index contributed by atoms with van der Waals surface area (Å²) < 4.78 is 0. The Kier molecular flexibility index (Phi) is 5.05. The molecule has 1 aromatic heterocycles. The van der Waals surface area contributed by atoms with Gasteiger partial charge in [0, 0.05) is 10.8 Å². The highest BCUT2D eigenvalue weighted by atomic mass is 32.1. The number of thiazole rings is 1. The van der Waals surface area contributed by atoms with Gasteiger partial charge in [0.1, 0.15) is 5.01 Å². The molecule has 1 aromatic rings. The maximum Gasteiger partial charge on any atom is 0.156 e. The highest BCUT2D eigenvalue weighted by Gasteiger charge is 2.20. The summed E-state index contributed by atoms with van der Waals surface area (Å²) in [6.45, 7) is 10.5. The Morgan fingerprint density at radius 3 is 2.50 bits per heavy atom. The average Bonchev–Trinajstić information content (AvgIpc) is 2.64. The van der Waals surface area contributed by atoms with Crippen molar-refractivity contribution in [1.82, 2.24) is 4.98 Å². The molecule has 0 spiro atoms. The summed E-state index contributed by atoms with van der Waals surface area (Å²) in [5, 5.41) is 2.92. The van der Waals surface area contributed by atoms with Gasteiger partial charge in [-0.3, -0.25) is 4.79 Å². The Bertz CT molecular complexity index is 404. The Morgan fingerprint density at radius 1 is 1.44 bits per heavy atom. The van der Waals surface area contributed by atoms with Crippen LogP contribution in [0.25, 0.3) is 0 Å². The van der Waals surface area contributed by atoms with Crippen molar-refractivity contribution in [3.05, 3.63) is 16.1 Å². The van der Waals surface area contributed by atoms with Gasteiger partial charge in [0.25, 0.3) is 0 Å². The van der Waals surface area contributed by atoms with Gasteiger partial charge >= 0.3 is 0 Å². The average molecular weight is 268 g/mol. The van der Waals surface area contributed by atoms with Crippen LogP contribution in [0.5, 0.6) is 0 Å². The molecule has 1 heterocycles. The molecule has 1 atom stereocenters. The van der Waals surface area contributed by atoms with Crippen LogP contribution in [-0.2, 0) is 16.6 Å². The van der Waals surface area contributed by atoms with Crippen LogP contribution in [0, 0.1) is 5.92 Å². The quantitative estimate of drug-likeness (QED) is 0.893. The minimum atomic E-state index is -0.355. The molecule has 0 radical (unpaired) electrons. The van der Waals surface area contributed by atoms with E-state index in [-0.39, 0.29) is 17.2 Å². The van der Waals surface area contributed by atoms with Gasteiger partial charge in [-0.05, 0) is 12.3 Å². The first-order chi connectivity index (χ1) is 8.20. The number of Topliss-reactive ketones (excluding diaryl/α,β-unsaturated/α-hetero) is 1. The maximum absolute atomic E-state index is 11.9. The normalized spacial score (nSPS) is 13.9. The predicted octanol–water partition coefficient (Wildman–Crippen LogP) is 2.93. The molecule has 1 rings (SSSR count). The molecular weight excluding hydrogens is 244 g/mol. The lowest BCUT2D eigenvalue weighted by Gasteiger charge is -2.14. The van der Waals surface area contributed by atoms with Gasteiger partial charge in [-0.2, -0.15) is 0 Å². The molecule has 1 unspecified atom stereocenters. The molecule has 0 amide bonds. The third kappa shape index (κ3) is 4.50. The Labute approximate surface area is 114 Å². The number of hydrogen-bond donors (Lipinski definition) is 1. The summed E-state index contributed by atoms with van der Waals surface area (Å²) in [4.78, 5) is 16.5. The Morgan fingerprint density at radius 2 is 2.06 bits per heavy atom. The SMILES string of the molecule is CC(C)CC(N)C(=O)Cc1nc(C(C)(C)C)cs1. The van der Waals surface area contributed by atoms with E-state index in [9.17, 15) is 4.79 Å². The molecule has 4 heteroatoms. The minimum Gasteiger partial charge on any atom is -0.321 e. The van der Waals surface area contributed by atoms with Crippen molar-refractivity contribution in [1.29, 1.82) is 0 Å². The van der Waals surface area contributed by atoms with Crippen molar-refractivity contribution in [2.24, 2.45) is 11.7 Å². The van der Waals surface area contributed by atoms with Crippen LogP contribution >= 0.6 is 11.3 Å². The molecule has 2 N–H and O–H groups in total. The zero-order valence-corrected chi connectivity index (χ0v) is 12.8. The lowest BCUT2D eigenvalue weighted by Crippen LogP contribution is -2.33. The van der Waals surface area contributed by atoms with E-state index in [0.717, 1.165) is 17.1 Å². The van der Waals surface area contributed by atoms with Crippen LogP contribution in [0.15, 0.2) is 5.38 Å². The fourth-order valence-corrected chi connectivity index (χ4v) is 2.69. The number of aromatic nitrogens is 1. The molecular formula is C14H24N2OS. The zero-order valence-electron chi connectivity index (χ0n) is 12.0. The second kappa shape index (κ2) is 5.93. The first-order valence-electron chi connectivity index (χ1n) is 6.43. The van der Waals surface area contributed by atoms with E-state index in [1.807, 2.05) is 5.38 Å². The maximum atomic E-state index is 11.9. The van der Waals surface area contributed by atoms with Crippen molar-refractivity contribution >= 4 is 17.1 Å². The van der Waals surface area contributed by atoms with E-state index < -0.39 is 0 Å². The van der Waals surface area contributed by atoms with Crippen LogP contribution in [0.4, 0.5) is 0 Å². The van der Waals surface area contributed by atoms with Gasteiger partial charge < -0.3 is 5.73 Å². The molecule has 3 nitrogen and oxygen atoms in total. The fraction of sp³-hybridized carbons (Fsp3) is 0.714. The summed E-state index contributed by atoms with van der Waals surface area (Å²) in [6, 6.07) is -0.355. The van der Waals surface area contributed by atoms with Crippen LogP contribution in [0.3, 0.4) is 0 Å². The van der Waals surface area contributed by atoms with Gasteiger partial charge in [-0.15, -0.1) is 11.3 Å². The van der Waals surface area contributed by atoms with E-state index in [1.165, 1.54) is 0 Å². The molecule has 0 saturated heterocycles. The van der Waals surface area contributed by atoms with Crippen molar-refractivity contribution in [2.75, 3.05) is 0 Å². The number of nitrogens with zero attached hydrogens (tertiary/aromatic N) is 1. The second-order valence-electron chi connectivity index (χ2n) is 6.26. The van der Waals surface area contributed by atoms with Gasteiger partial charge in [-0.1, -0.05) is 34.6 Å². The van der Waals surface area contributed by atoms with Gasteiger partial charge in [-0.25, -0.2) is 4.98 Å². The number of nitrogens with two attached hydrogens (primary N) is 1. The van der Waals surface area contributed by atoms with E-state index >= 15 is 0 Å². The summed E-state index contributed by atoms with van der Waals surface area (Å²) >= 11 is 1.55. The summed E-state index contributed by atoms with van der Waals surface area (Å²) in [5.74, 6) is 0.545. The van der Waals surface area contributed by atoms with Crippen molar-refractivity contribution in [3.8, 4) is 0 Å². The van der Waals surface area contributed by atoms with E-state index in [4.69, 9.17) is 5.73 Å². The second-order valence-corrected chi connectivity index (χ2v) is 7.20. The largest absolute Gasteiger partial charge is 0.321 e. The lowest BCUT2D eigenvalue weighted by molar-refractivity contribution is -0.120. The molecule has 0 saturated carbocycles. The first-order valence-corrected chi connectivity index (χ1v) is 7.31. The van der Waals surface area contributed by atoms with E-state index in [1.54, 1.807) is 11.3 Å². The monoisotopic (exact) mass is 268 g/mol. The number of carbonyl (C=O) groups excluding carboxylic acids is 1. The van der Waals surface area contributed by atoms with Gasteiger partial charge in [0.2, 0.25) is 0 Å². The lowest BCUT2D eigenvalue weighted by atomic mass is 9.93. The van der Waals surface area contributed by atoms with Crippen molar-refractivity contribution in [2.45, 2.75) is 58.9 Å².